The first kappa shape index (κ1) is 24.3. The number of carbonyl (C=O) groups is 3. The first-order valence-corrected chi connectivity index (χ1v) is 14.0. The molecule has 2 heterocycles. The van der Waals surface area contributed by atoms with Crippen molar-refractivity contribution in [1.82, 2.24) is 15.1 Å². The highest BCUT2D eigenvalue weighted by Gasteiger charge is 2.65. The minimum Gasteiger partial charge on any atom is -0.313 e. The van der Waals surface area contributed by atoms with Gasteiger partial charge in [-0.3, -0.25) is 14.5 Å². The van der Waals surface area contributed by atoms with Gasteiger partial charge in [-0.2, -0.15) is 0 Å². The largest absolute Gasteiger partial charge is 0.327 e. The molecule has 1 spiro atoms. The van der Waals surface area contributed by atoms with Gasteiger partial charge in [-0.15, -0.1) is 0 Å². The molecular weight excluding hydrogens is 426 g/mol. The number of carbonyl (C=O) groups excluding carboxylic acids is 3. The molecule has 4 aliphatic carbocycles. The Morgan fingerprint density at radius 1 is 0.912 bits per heavy atom. The minimum atomic E-state index is -0.840. The Labute approximate surface area is 205 Å². The van der Waals surface area contributed by atoms with Crippen LogP contribution in [0.4, 0.5) is 4.79 Å². The molecule has 34 heavy (non-hydrogen) atoms. The standard InChI is InChI=1S/C28H45N3O3/c1-26(2)19-11-12-20(21(26)17-19)27(3)24(33)31(25(34)30(27)4)18-23(32)22-13-16-28(29-22)14-9-7-5-6-8-10-15-28/h19-22,29H,5-18H2,1-4H3/t19-,20-,21-,22?,27?/m0/s1. The highest BCUT2D eigenvalue weighted by Crippen LogP contribution is 2.64. The monoisotopic (exact) mass is 471 g/mol. The van der Waals surface area contributed by atoms with Gasteiger partial charge < -0.3 is 10.2 Å². The third kappa shape index (κ3) is 3.65. The second-order valence-corrected chi connectivity index (χ2v) is 13.0. The molecule has 3 amide bonds. The lowest BCUT2D eigenvalue weighted by Gasteiger charge is -2.63. The predicted octanol–water partition coefficient (Wildman–Crippen LogP) is 4.91. The Kier molecular flexibility index (Phi) is 6.14. The van der Waals surface area contributed by atoms with E-state index >= 15 is 0 Å². The smallest absolute Gasteiger partial charge is 0.313 e. The van der Waals surface area contributed by atoms with E-state index in [-0.39, 0.29) is 47.2 Å². The van der Waals surface area contributed by atoms with Crippen molar-refractivity contribution in [2.24, 2.45) is 23.2 Å². The zero-order valence-corrected chi connectivity index (χ0v) is 21.8. The number of nitrogens with one attached hydrogen (secondary N) is 1. The molecule has 2 unspecified atom stereocenters. The van der Waals surface area contributed by atoms with E-state index in [1.165, 1.54) is 43.4 Å². The SMILES string of the molecule is CN1C(=O)N(CC(=O)C2CCC3(CCCCCCCC3)N2)C(=O)C1(C)[C@H]1CC[C@H]2C[C@@H]1C2(C)C. The quantitative estimate of drug-likeness (QED) is 0.592. The number of hydrogen-bond acceptors (Lipinski definition) is 4. The average molecular weight is 472 g/mol. The zero-order valence-electron chi connectivity index (χ0n) is 21.8. The van der Waals surface area contributed by atoms with E-state index < -0.39 is 5.54 Å². The van der Waals surface area contributed by atoms with Gasteiger partial charge in [0.25, 0.3) is 5.91 Å². The number of rotatable bonds is 4. The summed E-state index contributed by atoms with van der Waals surface area (Å²) in [5.41, 5.74) is -0.534. The third-order valence-corrected chi connectivity index (χ3v) is 11.1. The molecular formula is C28H45N3O3. The summed E-state index contributed by atoms with van der Waals surface area (Å²) < 4.78 is 0. The Morgan fingerprint density at radius 2 is 1.56 bits per heavy atom. The molecule has 0 radical (unpaired) electrons. The molecule has 0 aromatic rings. The number of ketones is 1. The molecule has 5 atom stereocenters. The number of nitrogens with zero attached hydrogens (tertiary/aromatic N) is 2. The van der Waals surface area contributed by atoms with Crippen molar-refractivity contribution in [1.29, 1.82) is 0 Å². The van der Waals surface area contributed by atoms with E-state index in [2.05, 4.69) is 19.2 Å². The van der Waals surface area contributed by atoms with Gasteiger partial charge in [0.05, 0.1) is 12.6 Å². The molecule has 190 valence electrons. The molecule has 6 heteroatoms. The summed E-state index contributed by atoms with van der Waals surface area (Å²) in [5.74, 6) is 1.22. The fraction of sp³-hybridized carbons (Fsp3) is 0.893. The number of amides is 3. The van der Waals surface area contributed by atoms with Crippen molar-refractivity contribution in [3.05, 3.63) is 0 Å². The number of Topliss-reactive ketones (excluding diaryl/α,β-unsaturated/α-hetero) is 1. The van der Waals surface area contributed by atoms with E-state index in [9.17, 15) is 14.4 Å². The Morgan fingerprint density at radius 3 is 2.18 bits per heavy atom. The summed E-state index contributed by atoms with van der Waals surface area (Å²) in [6, 6.07) is -0.533. The van der Waals surface area contributed by atoms with Gasteiger partial charge in [0.15, 0.2) is 5.78 Å². The molecule has 6 aliphatic rings. The summed E-state index contributed by atoms with van der Waals surface area (Å²) in [7, 11) is 1.77. The maximum atomic E-state index is 13.8. The first-order valence-electron chi connectivity index (χ1n) is 14.0. The molecule has 6 rings (SSSR count). The predicted molar refractivity (Wildman–Crippen MR) is 132 cm³/mol. The highest BCUT2D eigenvalue weighted by molar-refractivity contribution is 6.09. The van der Waals surface area contributed by atoms with Crippen molar-refractivity contribution < 1.29 is 14.4 Å². The molecule has 2 saturated heterocycles. The zero-order chi connectivity index (χ0) is 24.3. The normalized spacial score (nSPS) is 39.5. The summed E-state index contributed by atoms with van der Waals surface area (Å²) in [4.78, 5) is 43.4. The van der Waals surface area contributed by atoms with Crippen molar-refractivity contribution >= 4 is 17.7 Å². The average Bonchev–Trinajstić information content (AvgIpc) is 3.35. The van der Waals surface area contributed by atoms with Crippen LogP contribution in [0.15, 0.2) is 0 Å². The van der Waals surface area contributed by atoms with E-state index in [1.807, 2.05) is 6.92 Å². The van der Waals surface area contributed by atoms with E-state index in [0.29, 0.717) is 5.92 Å². The fourth-order valence-corrected chi connectivity index (χ4v) is 8.51. The van der Waals surface area contributed by atoms with Crippen LogP contribution in [0.2, 0.25) is 0 Å². The maximum absolute atomic E-state index is 13.8. The molecule has 2 bridgehead atoms. The third-order valence-electron chi connectivity index (χ3n) is 11.1. The summed E-state index contributed by atoms with van der Waals surface area (Å²) in [6.07, 6.45) is 15.1. The summed E-state index contributed by atoms with van der Waals surface area (Å²) in [6.45, 7) is 6.51. The first-order chi connectivity index (χ1) is 16.1. The van der Waals surface area contributed by atoms with Crippen LogP contribution in [0.25, 0.3) is 0 Å². The highest BCUT2D eigenvalue weighted by atomic mass is 16.2. The van der Waals surface area contributed by atoms with Crippen molar-refractivity contribution in [2.75, 3.05) is 13.6 Å². The van der Waals surface area contributed by atoms with Gasteiger partial charge in [-0.25, -0.2) is 4.79 Å². The van der Waals surface area contributed by atoms with Gasteiger partial charge in [-0.1, -0.05) is 52.4 Å². The van der Waals surface area contributed by atoms with Crippen LogP contribution in [0, 0.1) is 23.2 Å². The van der Waals surface area contributed by atoms with Crippen LogP contribution in [0.1, 0.15) is 104 Å². The lowest BCUT2D eigenvalue weighted by Crippen LogP contribution is -2.63. The van der Waals surface area contributed by atoms with E-state index in [1.54, 1.807) is 11.9 Å². The molecule has 6 fully saturated rings. The number of likely N-dealkylation sites (N-methyl/N-ethyl adjacent to an activating group) is 1. The fourth-order valence-electron chi connectivity index (χ4n) is 8.51. The molecule has 0 aromatic heterocycles. The summed E-state index contributed by atoms with van der Waals surface area (Å²) >= 11 is 0. The van der Waals surface area contributed by atoms with Gasteiger partial charge in [0.2, 0.25) is 0 Å². The number of urea groups is 1. The van der Waals surface area contributed by atoms with Crippen molar-refractivity contribution in [2.45, 2.75) is 121 Å². The Bertz CT molecular complexity index is 842. The topological polar surface area (TPSA) is 69.7 Å². The number of imide groups is 1. The van der Waals surface area contributed by atoms with Gasteiger partial charge >= 0.3 is 6.03 Å². The number of fused-ring (bicyclic) bond motifs is 2. The Hall–Kier alpha value is -1.43. The maximum Gasteiger partial charge on any atom is 0.327 e. The van der Waals surface area contributed by atoms with Crippen LogP contribution in [-0.4, -0.2) is 58.2 Å². The van der Waals surface area contributed by atoms with Crippen LogP contribution in [0.3, 0.4) is 0 Å². The molecule has 6 nitrogen and oxygen atoms in total. The number of hydrogen-bond donors (Lipinski definition) is 1. The Balaban J connectivity index is 1.27. The van der Waals surface area contributed by atoms with Crippen molar-refractivity contribution in [3.8, 4) is 0 Å². The van der Waals surface area contributed by atoms with E-state index in [0.717, 1.165) is 50.9 Å². The lowest BCUT2D eigenvalue weighted by molar-refractivity contribution is -0.157. The second-order valence-electron chi connectivity index (χ2n) is 13.0. The summed E-state index contributed by atoms with van der Waals surface area (Å²) in [5, 5.41) is 3.71. The van der Waals surface area contributed by atoms with E-state index in [4.69, 9.17) is 0 Å². The molecule has 1 N–H and O–H groups in total. The van der Waals surface area contributed by atoms with Crippen LogP contribution < -0.4 is 5.32 Å². The minimum absolute atomic E-state index is 0.00350. The van der Waals surface area contributed by atoms with Gasteiger partial charge in [-0.05, 0) is 75.0 Å². The van der Waals surface area contributed by atoms with Gasteiger partial charge in [0.1, 0.15) is 5.54 Å². The molecule has 2 aliphatic heterocycles. The van der Waals surface area contributed by atoms with Crippen molar-refractivity contribution in [3.63, 3.8) is 0 Å². The van der Waals surface area contributed by atoms with Gasteiger partial charge in [0, 0.05) is 12.6 Å². The molecule has 4 saturated carbocycles. The van der Waals surface area contributed by atoms with Crippen LogP contribution in [0.5, 0.6) is 0 Å². The van der Waals surface area contributed by atoms with Crippen LogP contribution >= 0.6 is 0 Å². The second kappa shape index (κ2) is 8.60. The van der Waals surface area contributed by atoms with Crippen LogP contribution in [-0.2, 0) is 9.59 Å². The molecule has 0 aromatic carbocycles. The lowest BCUT2D eigenvalue weighted by atomic mass is 9.43.